The lowest BCUT2D eigenvalue weighted by Gasteiger charge is -2.18. The smallest absolute Gasteiger partial charge is 0.0572 e. The van der Waals surface area contributed by atoms with Crippen LogP contribution in [0.1, 0.15) is 16.7 Å². The molecule has 0 saturated carbocycles. The first-order valence-corrected chi connectivity index (χ1v) is 22.0. The van der Waals surface area contributed by atoms with Gasteiger partial charge in [0.2, 0.25) is 0 Å². The third-order valence-electron chi connectivity index (χ3n) is 13.4. The van der Waals surface area contributed by atoms with E-state index < -0.39 is 0 Å². The number of aryl methyl sites for hydroxylation is 3. The van der Waals surface area contributed by atoms with E-state index in [1.165, 1.54) is 33.4 Å². The minimum absolute atomic E-state index is 1.08. The predicted molar refractivity (Wildman–Crippen MR) is 267 cm³/mol. The molecule has 9 aromatic heterocycles. The highest BCUT2D eigenvalue weighted by Crippen LogP contribution is 2.40. The van der Waals surface area contributed by atoms with Crippen LogP contribution in [0.5, 0.6) is 0 Å². The van der Waals surface area contributed by atoms with Crippen LogP contribution in [-0.4, -0.2) is 43.6 Å². The number of fused-ring (bicyclic) bond motifs is 9. The molecule has 0 saturated heterocycles. The number of hydrogen-bond donors (Lipinski definition) is 0. The molecule has 9 heterocycles. The van der Waals surface area contributed by atoms with E-state index >= 15 is 0 Å². The fourth-order valence-electron chi connectivity index (χ4n) is 10.4. The summed E-state index contributed by atoms with van der Waals surface area (Å²) in [5.74, 6) is 0. The molecule has 0 aliphatic heterocycles. The lowest BCUT2D eigenvalue weighted by Crippen LogP contribution is -1.98. The van der Waals surface area contributed by atoms with Crippen LogP contribution in [0, 0.1) is 20.8 Å². The monoisotopic (exact) mass is 849 g/mol. The van der Waals surface area contributed by atoms with E-state index in [0.29, 0.717) is 0 Å². The van der Waals surface area contributed by atoms with E-state index in [2.05, 4.69) is 174 Å². The molecule has 66 heavy (non-hydrogen) atoms. The SMILES string of the molecule is Cc1cc(-n2c3ccncc3c3cnccc32)ccc1-c1cc(-c2ccc(-n3c4ccncc4c4cnccc43)cc2C)cc(-c2ccc(-n3c4ccncc4c4cnccc43)cc2C)c1. The van der Waals surface area contributed by atoms with Crippen LogP contribution in [0.3, 0.4) is 0 Å². The summed E-state index contributed by atoms with van der Waals surface area (Å²) in [6.45, 7) is 6.65. The van der Waals surface area contributed by atoms with Gasteiger partial charge in [0.1, 0.15) is 0 Å². The molecule has 0 bridgehead atoms. The molecule has 13 aromatic rings. The molecule has 0 radical (unpaired) electrons. The zero-order valence-corrected chi connectivity index (χ0v) is 36.3. The van der Waals surface area contributed by atoms with Crippen LogP contribution < -0.4 is 0 Å². The van der Waals surface area contributed by atoms with Gasteiger partial charge in [-0.25, -0.2) is 0 Å². The lowest BCUT2D eigenvalue weighted by molar-refractivity contribution is 1.16. The Morgan fingerprint density at radius 2 is 0.500 bits per heavy atom. The van der Waals surface area contributed by atoms with Gasteiger partial charge in [0.15, 0.2) is 0 Å². The van der Waals surface area contributed by atoms with Gasteiger partial charge < -0.3 is 13.7 Å². The van der Waals surface area contributed by atoms with E-state index in [1.807, 2.05) is 74.4 Å². The molecule has 0 amide bonds. The number of aromatic nitrogens is 9. The average Bonchev–Trinajstić information content (AvgIpc) is 4.00. The van der Waals surface area contributed by atoms with E-state index in [-0.39, 0.29) is 0 Å². The summed E-state index contributed by atoms with van der Waals surface area (Å²) in [6.07, 6.45) is 22.8. The number of rotatable bonds is 6. The van der Waals surface area contributed by atoms with Crippen LogP contribution in [0.4, 0.5) is 0 Å². The van der Waals surface area contributed by atoms with Crippen molar-refractivity contribution in [2.24, 2.45) is 0 Å². The van der Waals surface area contributed by atoms with Crippen LogP contribution in [0.2, 0.25) is 0 Å². The van der Waals surface area contributed by atoms with Gasteiger partial charge in [-0.1, -0.05) is 18.2 Å². The lowest BCUT2D eigenvalue weighted by atomic mass is 9.89. The van der Waals surface area contributed by atoms with Crippen molar-refractivity contribution in [1.82, 2.24) is 43.6 Å². The molecule has 9 nitrogen and oxygen atoms in total. The first-order valence-electron chi connectivity index (χ1n) is 22.0. The Kier molecular flexibility index (Phi) is 8.35. The second-order valence-corrected chi connectivity index (χ2v) is 17.2. The van der Waals surface area contributed by atoms with Gasteiger partial charge in [-0.05, 0) is 162 Å². The van der Waals surface area contributed by atoms with E-state index in [9.17, 15) is 0 Å². The van der Waals surface area contributed by atoms with Crippen molar-refractivity contribution in [2.45, 2.75) is 20.8 Å². The predicted octanol–water partition coefficient (Wildman–Crippen LogP) is 13.3. The second-order valence-electron chi connectivity index (χ2n) is 17.2. The molecule has 0 fully saturated rings. The molecule has 0 N–H and O–H groups in total. The first kappa shape index (κ1) is 37.7. The number of benzene rings is 4. The van der Waals surface area contributed by atoms with Crippen molar-refractivity contribution in [1.29, 1.82) is 0 Å². The van der Waals surface area contributed by atoms with Gasteiger partial charge in [-0.2, -0.15) is 0 Å². The van der Waals surface area contributed by atoms with Crippen LogP contribution in [0.25, 0.3) is 116 Å². The molecule has 0 aliphatic carbocycles. The quantitative estimate of drug-likeness (QED) is 0.165. The number of hydrogen-bond acceptors (Lipinski definition) is 6. The molecule has 13 rings (SSSR count). The zero-order valence-electron chi connectivity index (χ0n) is 36.3. The highest BCUT2D eigenvalue weighted by atomic mass is 15.0. The standard InChI is InChI=1S/C57H39N9/c1-34-22-40(64-52-10-16-58-28-46(52)47-29-59-17-11-53(47)64)4-7-43(34)37-25-38(44-8-5-41(23-35(44)2)65-54-12-18-60-30-48(54)49-31-61-19-13-55(49)65)27-39(26-37)45-9-6-42(24-36(45)3)66-56-14-20-62-32-50(56)51-33-63-21-15-57(51)66/h4-33H,1-3H3. The maximum Gasteiger partial charge on any atom is 0.0572 e. The molecule has 9 heteroatoms. The maximum atomic E-state index is 4.45. The maximum absolute atomic E-state index is 4.45. The van der Waals surface area contributed by atoms with E-state index in [0.717, 1.165) is 99.2 Å². The topological polar surface area (TPSA) is 92.1 Å². The van der Waals surface area contributed by atoms with Gasteiger partial charge in [0, 0.05) is 124 Å². The van der Waals surface area contributed by atoms with Crippen molar-refractivity contribution in [3.63, 3.8) is 0 Å². The van der Waals surface area contributed by atoms with E-state index in [1.54, 1.807) is 0 Å². The Hall–Kier alpha value is -8.82. The average molecular weight is 850 g/mol. The Bertz CT molecular complexity index is 3520. The summed E-state index contributed by atoms with van der Waals surface area (Å²) in [5.41, 5.74) is 20.4. The largest absolute Gasteiger partial charge is 0.309 e. The molecule has 0 atom stereocenters. The third kappa shape index (κ3) is 5.73. The van der Waals surface area contributed by atoms with Gasteiger partial charge in [-0.3, -0.25) is 29.9 Å². The molecule has 0 unspecified atom stereocenters. The van der Waals surface area contributed by atoms with Crippen molar-refractivity contribution >= 4 is 65.4 Å². The van der Waals surface area contributed by atoms with Gasteiger partial charge in [0.25, 0.3) is 0 Å². The summed E-state index contributed by atoms with van der Waals surface area (Å²) < 4.78 is 6.95. The highest BCUT2D eigenvalue weighted by molar-refractivity contribution is 6.10. The van der Waals surface area contributed by atoms with E-state index in [4.69, 9.17) is 0 Å². The summed E-state index contributed by atoms with van der Waals surface area (Å²) in [4.78, 5) is 26.7. The third-order valence-corrected chi connectivity index (χ3v) is 13.4. The Morgan fingerprint density at radius 1 is 0.273 bits per heavy atom. The molecule has 0 spiro atoms. The zero-order chi connectivity index (χ0) is 44.0. The molecule has 0 aliphatic rings. The molecular weight excluding hydrogens is 811 g/mol. The van der Waals surface area contributed by atoms with Crippen LogP contribution >= 0.6 is 0 Å². The first-order chi connectivity index (χ1) is 32.5. The molecule has 312 valence electrons. The highest BCUT2D eigenvalue weighted by Gasteiger charge is 2.19. The summed E-state index contributed by atoms with van der Waals surface area (Å²) in [6, 6.07) is 40.0. The van der Waals surface area contributed by atoms with Gasteiger partial charge >= 0.3 is 0 Å². The Balaban J connectivity index is 0.974. The Labute approximate surface area is 379 Å². The van der Waals surface area contributed by atoms with Crippen molar-refractivity contribution < 1.29 is 0 Å². The normalized spacial score (nSPS) is 11.9. The van der Waals surface area contributed by atoms with Crippen molar-refractivity contribution in [3.8, 4) is 50.4 Å². The fraction of sp³-hybridized carbons (Fsp3) is 0.0526. The van der Waals surface area contributed by atoms with Crippen molar-refractivity contribution in [3.05, 3.63) is 200 Å². The summed E-state index contributed by atoms with van der Waals surface area (Å²) in [7, 11) is 0. The molecular formula is C57H39N9. The van der Waals surface area contributed by atoms with Crippen LogP contribution in [-0.2, 0) is 0 Å². The number of nitrogens with zero attached hydrogens (tertiary/aromatic N) is 9. The fourth-order valence-corrected chi connectivity index (χ4v) is 10.4. The van der Waals surface area contributed by atoms with Gasteiger partial charge in [-0.15, -0.1) is 0 Å². The summed E-state index contributed by atoms with van der Waals surface area (Å²) >= 11 is 0. The Morgan fingerprint density at radius 3 is 0.712 bits per heavy atom. The molecule has 4 aromatic carbocycles. The van der Waals surface area contributed by atoms with Crippen molar-refractivity contribution in [2.75, 3.05) is 0 Å². The number of pyridine rings is 6. The minimum atomic E-state index is 1.08. The van der Waals surface area contributed by atoms with Crippen LogP contribution in [0.15, 0.2) is 184 Å². The minimum Gasteiger partial charge on any atom is -0.309 e. The van der Waals surface area contributed by atoms with Gasteiger partial charge in [0.05, 0.1) is 33.1 Å². The summed E-state index contributed by atoms with van der Waals surface area (Å²) in [5, 5.41) is 6.51. The second kappa shape index (κ2) is 14.6.